The van der Waals surface area contributed by atoms with Crippen molar-refractivity contribution in [3.8, 4) is 5.75 Å². The summed E-state index contributed by atoms with van der Waals surface area (Å²) in [4.78, 5) is 2.26. The van der Waals surface area contributed by atoms with E-state index in [1.807, 2.05) is 0 Å². The first-order valence-electron chi connectivity index (χ1n) is 13.6. The molecule has 5 heteroatoms. The fourth-order valence-electron chi connectivity index (χ4n) is 5.41. The Kier molecular flexibility index (Phi) is 6.62. The zero-order chi connectivity index (χ0) is 26.2. The number of hydrogen-bond acceptors (Lipinski definition) is 4. The maximum Gasteiger partial charge on any atom is 0.375 e. The smallest absolute Gasteiger partial charge is 0.375 e. The molecule has 6 rings (SSSR count). The van der Waals surface area contributed by atoms with Crippen molar-refractivity contribution in [1.82, 2.24) is 0 Å². The van der Waals surface area contributed by atoms with Crippen molar-refractivity contribution in [1.29, 1.82) is 0 Å². The van der Waals surface area contributed by atoms with Crippen LogP contribution in [0.15, 0.2) is 94.7 Å². The first kappa shape index (κ1) is 24.6. The molecule has 0 radical (unpaired) electrons. The Morgan fingerprint density at radius 3 is 2.42 bits per heavy atom. The summed E-state index contributed by atoms with van der Waals surface area (Å²) in [6.45, 7) is 7.34. The molecule has 0 aliphatic carbocycles. The summed E-state index contributed by atoms with van der Waals surface area (Å²) < 4.78 is 15.1. The topological polar surface area (TPSA) is 29.5 Å². The molecule has 0 N–H and O–H groups in total. The summed E-state index contributed by atoms with van der Waals surface area (Å²) in [5, 5.41) is 4.81. The van der Waals surface area contributed by atoms with Crippen molar-refractivity contribution in [2.45, 2.75) is 45.4 Å². The zero-order valence-corrected chi connectivity index (χ0v) is 23.0. The number of anilines is 1. The van der Waals surface area contributed by atoms with E-state index in [0.717, 1.165) is 65.7 Å². The quantitative estimate of drug-likeness (QED) is 0.171. The second-order valence-corrected chi connectivity index (χ2v) is 10.4. The lowest BCUT2D eigenvalue weighted by Crippen LogP contribution is -2.38. The van der Waals surface area contributed by atoms with Crippen molar-refractivity contribution in [2.75, 3.05) is 11.4 Å². The van der Waals surface area contributed by atoms with Crippen molar-refractivity contribution < 1.29 is 13.7 Å². The Morgan fingerprint density at radius 1 is 0.947 bits per heavy atom. The van der Waals surface area contributed by atoms with Crippen LogP contribution in [0.2, 0.25) is 0 Å². The van der Waals surface area contributed by atoms with Crippen molar-refractivity contribution in [3.05, 3.63) is 96.2 Å². The molecule has 0 saturated carbocycles. The summed E-state index contributed by atoms with van der Waals surface area (Å²) in [7, 11) is 0. The normalized spacial score (nSPS) is 15.5. The lowest BCUT2D eigenvalue weighted by molar-refractivity contribution is -0.681. The molecule has 1 unspecified atom stereocenters. The van der Waals surface area contributed by atoms with Gasteiger partial charge in [-0.1, -0.05) is 68.4 Å². The Labute approximate surface area is 229 Å². The summed E-state index contributed by atoms with van der Waals surface area (Å²) in [5.74, 6) is 2.55. The van der Waals surface area contributed by atoms with E-state index < -0.39 is 0 Å². The van der Waals surface area contributed by atoms with Crippen LogP contribution in [0.5, 0.6) is 5.75 Å². The van der Waals surface area contributed by atoms with Crippen LogP contribution in [0.3, 0.4) is 0 Å². The van der Waals surface area contributed by atoms with Gasteiger partial charge in [0.15, 0.2) is 5.75 Å². The number of nitrogens with zero attached hydrogens (tertiary/aromatic N) is 2. The highest BCUT2D eigenvalue weighted by Crippen LogP contribution is 2.44. The van der Waals surface area contributed by atoms with Gasteiger partial charge < -0.3 is 14.1 Å². The molecule has 4 aromatic carbocycles. The van der Waals surface area contributed by atoms with Crippen LogP contribution < -0.4 is 14.2 Å². The first-order chi connectivity index (χ1) is 18.6. The monoisotopic (exact) mass is 521 g/mol. The largest absolute Gasteiger partial charge is 0.439 e. The highest BCUT2D eigenvalue weighted by molar-refractivity contribution is 7.80. The van der Waals surface area contributed by atoms with E-state index in [1.165, 1.54) is 21.5 Å². The van der Waals surface area contributed by atoms with E-state index in [1.54, 1.807) is 0 Å². The predicted molar refractivity (Wildman–Crippen MR) is 161 cm³/mol. The number of ether oxygens (including phenoxy) is 1. The lowest BCUT2D eigenvalue weighted by atomic mass is 10.1. The van der Waals surface area contributed by atoms with Gasteiger partial charge in [-0.3, -0.25) is 0 Å². The fourth-order valence-corrected chi connectivity index (χ4v) is 5.91. The third-order valence-corrected chi connectivity index (χ3v) is 7.83. The maximum absolute atomic E-state index is 6.50. The van der Waals surface area contributed by atoms with Gasteiger partial charge in [-0.05, 0) is 53.6 Å². The minimum absolute atomic E-state index is 0.0184. The molecule has 1 atom stereocenters. The highest BCUT2D eigenvalue weighted by atomic mass is 32.1. The van der Waals surface area contributed by atoms with Crippen LogP contribution >= 0.6 is 12.6 Å². The molecule has 0 amide bonds. The second-order valence-electron chi connectivity index (χ2n) is 9.78. The van der Waals surface area contributed by atoms with E-state index in [4.69, 9.17) is 21.8 Å². The maximum atomic E-state index is 6.50. The molecule has 38 heavy (non-hydrogen) atoms. The number of allylic oxidation sites excluding steroid dienone is 2. The average molecular weight is 522 g/mol. The third kappa shape index (κ3) is 4.25. The van der Waals surface area contributed by atoms with E-state index in [0.29, 0.717) is 0 Å². The van der Waals surface area contributed by atoms with E-state index in [2.05, 4.69) is 115 Å². The SMILES string of the molecule is CCCC(S)[n+]1c(C=C(C=C2Oc3ccc4ccccc4c3N2CC)CC)oc2cc3ccccc3cc21. The standard InChI is InChI=1S/C33H32N2O2S/c1-4-11-32(38)35-27-20-24-13-7-8-14-25(24)21-29(27)37-31(35)19-22(5-2)18-30-34(6-3)33-26-15-10-9-12-23(26)16-17-28(33)36-30/h7-10,12-21,32H,4-6,11H2,1-3H3/p+1. The van der Waals surface area contributed by atoms with Crippen LogP contribution in [-0.2, 0) is 0 Å². The molecule has 0 spiro atoms. The van der Waals surface area contributed by atoms with Crippen LogP contribution in [0.25, 0.3) is 38.7 Å². The number of benzene rings is 4. The van der Waals surface area contributed by atoms with E-state index in [-0.39, 0.29) is 5.37 Å². The molecule has 1 aliphatic rings. The summed E-state index contributed by atoms with van der Waals surface area (Å²) in [5.41, 5.74) is 4.21. The van der Waals surface area contributed by atoms with E-state index >= 15 is 0 Å². The van der Waals surface area contributed by atoms with Gasteiger partial charge in [0.05, 0.1) is 11.8 Å². The van der Waals surface area contributed by atoms with Gasteiger partial charge in [-0.15, -0.1) is 17.2 Å². The number of hydrogen-bond donors (Lipinski definition) is 1. The average Bonchev–Trinajstić information content (AvgIpc) is 3.48. The summed E-state index contributed by atoms with van der Waals surface area (Å²) in [6, 6.07) is 25.5. The van der Waals surface area contributed by atoms with E-state index in [9.17, 15) is 0 Å². The van der Waals surface area contributed by atoms with Gasteiger partial charge in [-0.25, -0.2) is 0 Å². The predicted octanol–water partition coefficient (Wildman–Crippen LogP) is 8.81. The van der Waals surface area contributed by atoms with Crippen molar-refractivity contribution in [2.24, 2.45) is 0 Å². The molecular formula is C33H33N2O2S+. The summed E-state index contributed by atoms with van der Waals surface area (Å²) in [6.07, 6.45) is 7.13. The molecule has 0 bridgehead atoms. The molecule has 4 nitrogen and oxygen atoms in total. The molecule has 1 aliphatic heterocycles. The molecular weight excluding hydrogens is 488 g/mol. The minimum atomic E-state index is 0.0184. The number of fused-ring (bicyclic) bond motifs is 5. The van der Waals surface area contributed by atoms with Crippen LogP contribution in [0, 0.1) is 0 Å². The Balaban J connectivity index is 1.46. The first-order valence-corrected chi connectivity index (χ1v) is 14.1. The number of rotatable bonds is 7. The molecule has 192 valence electrons. The Hall–Kier alpha value is -3.70. The zero-order valence-electron chi connectivity index (χ0n) is 22.1. The molecule has 0 saturated heterocycles. The van der Waals surface area contributed by atoms with Gasteiger partial charge in [0, 0.05) is 30.5 Å². The van der Waals surface area contributed by atoms with Gasteiger partial charge >= 0.3 is 5.89 Å². The number of aromatic nitrogens is 1. The highest BCUT2D eigenvalue weighted by Gasteiger charge is 2.29. The van der Waals surface area contributed by atoms with Gasteiger partial charge in [0.1, 0.15) is 0 Å². The fraction of sp³-hybridized carbons (Fsp3) is 0.242. The Morgan fingerprint density at radius 2 is 1.68 bits per heavy atom. The van der Waals surface area contributed by atoms with Crippen LogP contribution in [0.4, 0.5) is 5.69 Å². The second kappa shape index (κ2) is 10.2. The van der Waals surface area contributed by atoms with Gasteiger partial charge in [-0.2, -0.15) is 0 Å². The number of thiol groups is 1. The van der Waals surface area contributed by atoms with Crippen molar-refractivity contribution >= 4 is 57.0 Å². The molecule has 0 fully saturated rings. The Bertz CT molecular complexity index is 1720. The summed E-state index contributed by atoms with van der Waals surface area (Å²) >= 11 is 5.00. The van der Waals surface area contributed by atoms with Gasteiger partial charge in [0.2, 0.25) is 16.8 Å². The molecule has 2 heterocycles. The molecule has 1 aromatic heterocycles. The molecule has 5 aromatic rings. The minimum Gasteiger partial charge on any atom is -0.439 e. The van der Waals surface area contributed by atoms with Crippen LogP contribution in [0.1, 0.15) is 51.3 Å². The third-order valence-electron chi connectivity index (χ3n) is 7.34. The van der Waals surface area contributed by atoms with Gasteiger partial charge in [0.25, 0.3) is 5.52 Å². The van der Waals surface area contributed by atoms with Crippen molar-refractivity contribution in [3.63, 3.8) is 0 Å². The van der Waals surface area contributed by atoms with Crippen LogP contribution in [-0.4, -0.2) is 6.54 Å². The lowest BCUT2D eigenvalue weighted by Gasteiger charge is -2.17. The number of oxazole rings is 1.